The highest BCUT2D eigenvalue weighted by Crippen LogP contribution is 2.29. The van der Waals surface area contributed by atoms with Crippen molar-refractivity contribution in [3.63, 3.8) is 0 Å². The zero-order valence-electron chi connectivity index (χ0n) is 13.5. The van der Waals surface area contributed by atoms with Gasteiger partial charge in [-0.3, -0.25) is 9.59 Å². The number of carbonyl (C=O) groups is 2. The molecule has 24 heavy (non-hydrogen) atoms. The van der Waals surface area contributed by atoms with Gasteiger partial charge in [0.05, 0.1) is 23.7 Å². The predicted octanol–water partition coefficient (Wildman–Crippen LogP) is 3.94. The first-order chi connectivity index (χ1) is 11.4. The number of rotatable bonds is 6. The summed E-state index contributed by atoms with van der Waals surface area (Å²) in [5, 5.41) is 10.4. The first-order valence-corrected chi connectivity index (χ1v) is 7.95. The van der Waals surface area contributed by atoms with Crippen molar-refractivity contribution in [1.29, 1.82) is 0 Å². The Morgan fingerprint density at radius 3 is 2.62 bits per heavy atom. The van der Waals surface area contributed by atoms with Gasteiger partial charge < -0.3 is 9.84 Å². The molecule has 0 radical (unpaired) electrons. The van der Waals surface area contributed by atoms with E-state index in [1.807, 2.05) is 19.1 Å². The van der Waals surface area contributed by atoms with Gasteiger partial charge in [0.25, 0.3) is 0 Å². The molecule has 1 heterocycles. The van der Waals surface area contributed by atoms with Crippen LogP contribution in [0.5, 0.6) is 5.75 Å². The highest BCUT2D eigenvalue weighted by molar-refractivity contribution is 6.33. The quantitative estimate of drug-likeness (QED) is 0.632. The SMILES string of the molecule is CCOC(=O)CCC(=O)c1nc(-c2ccc(C)cc2Cl)ccc1O. The fraction of sp³-hybridized carbons (Fsp3) is 0.278. The number of carbonyl (C=O) groups excluding carboxylic acids is 2. The van der Waals surface area contributed by atoms with E-state index in [9.17, 15) is 14.7 Å². The van der Waals surface area contributed by atoms with Gasteiger partial charge in [-0.2, -0.15) is 0 Å². The van der Waals surface area contributed by atoms with Crippen LogP contribution in [0.15, 0.2) is 30.3 Å². The number of nitrogens with zero attached hydrogens (tertiary/aromatic N) is 1. The standard InChI is InChI=1S/C18H18ClNO4/c1-3-24-17(23)9-8-16(22)18-15(21)7-6-14(20-18)12-5-4-11(2)10-13(12)19/h4-7,10,21H,3,8-9H2,1-2H3. The molecular formula is C18H18ClNO4. The molecule has 6 heteroatoms. The van der Waals surface area contributed by atoms with Crippen molar-refractivity contribution < 1.29 is 19.4 Å². The van der Waals surface area contributed by atoms with Crippen molar-refractivity contribution in [1.82, 2.24) is 4.98 Å². The number of esters is 1. The van der Waals surface area contributed by atoms with E-state index >= 15 is 0 Å². The van der Waals surface area contributed by atoms with Crippen molar-refractivity contribution in [2.75, 3.05) is 6.61 Å². The molecule has 5 nitrogen and oxygen atoms in total. The van der Waals surface area contributed by atoms with Crippen LogP contribution in [0.2, 0.25) is 5.02 Å². The number of aromatic hydroxyl groups is 1. The van der Waals surface area contributed by atoms with E-state index in [4.69, 9.17) is 16.3 Å². The Balaban J connectivity index is 2.25. The normalized spacial score (nSPS) is 10.5. The fourth-order valence-electron chi connectivity index (χ4n) is 2.20. The number of aromatic nitrogens is 1. The molecule has 0 saturated heterocycles. The second-order valence-corrected chi connectivity index (χ2v) is 5.68. The van der Waals surface area contributed by atoms with E-state index in [0.29, 0.717) is 16.3 Å². The van der Waals surface area contributed by atoms with Gasteiger partial charge in [-0.1, -0.05) is 23.7 Å². The van der Waals surface area contributed by atoms with Gasteiger partial charge in [-0.25, -0.2) is 4.98 Å². The van der Waals surface area contributed by atoms with E-state index in [1.165, 1.54) is 6.07 Å². The lowest BCUT2D eigenvalue weighted by atomic mass is 10.1. The van der Waals surface area contributed by atoms with Crippen LogP contribution in [-0.2, 0) is 9.53 Å². The summed E-state index contributed by atoms with van der Waals surface area (Å²) in [6, 6.07) is 8.49. The number of aryl methyl sites for hydroxylation is 1. The predicted molar refractivity (Wildman–Crippen MR) is 91.3 cm³/mol. The van der Waals surface area contributed by atoms with E-state index in [0.717, 1.165) is 5.56 Å². The van der Waals surface area contributed by atoms with E-state index in [2.05, 4.69) is 4.98 Å². The minimum Gasteiger partial charge on any atom is -0.506 e. The third-order valence-electron chi connectivity index (χ3n) is 3.40. The smallest absolute Gasteiger partial charge is 0.306 e. The number of hydrogen-bond donors (Lipinski definition) is 1. The van der Waals surface area contributed by atoms with E-state index in [-0.39, 0.29) is 30.9 Å². The second-order valence-electron chi connectivity index (χ2n) is 5.28. The maximum Gasteiger partial charge on any atom is 0.306 e. The van der Waals surface area contributed by atoms with Crippen LogP contribution < -0.4 is 0 Å². The third kappa shape index (κ3) is 4.32. The largest absolute Gasteiger partial charge is 0.506 e. The molecule has 0 saturated carbocycles. The number of halogens is 1. The summed E-state index contributed by atoms with van der Waals surface area (Å²) in [6.07, 6.45) is -0.131. The van der Waals surface area contributed by atoms with Gasteiger partial charge in [-0.15, -0.1) is 0 Å². The summed E-state index contributed by atoms with van der Waals surface area (Å²) < 4.78 is 4.79. The summed E-state index contributed by atoms with van der Waals surface area (Å²) in [5.41, 5.74) is 2.08. The molecule has 0 aliphatic heterocycles. The summed E-state index contributed by atoms with van der Waals surface area (Å²) in [7, 11) is 0. The molecule has 0 aliphatic carbocycles. The zero-order valence-corrected chi connectivity index (χ0v) is 14.3. The van der Waals surface area contributed by atoms with Gasteiger partial charge in [-0.05, 0) is 37.6 Å². The maximum absolute atomic E-state index is 12.2. The van der Waals surface area contributed by atoms with Crippen molar-refractivity contribution in [2.45, 2.75) is 26.7 Å². The number of Topliss-reactive ketones (excluding diaryl/α,β-unsaturated/α-hetero) is 1. The number of benzene rings is 1. The highest BCUT2D eigenvalue weighted by atomic mass is 35.5. The molecule has 2 rings (SSSR count). The molecule has 0 aliphatic rings. The molecule has 0 amide bonds. The minimum absolute atomic E-state index is 0.0523. The molecule has 0 fully saturated rings. The van der Waals surface area contributed by atoms with Crippen LogP contribution in [0.1, 0.15) is 35.8 Å². The van der Waals surface area contributed by atoms with Crippen LogP contribution in [0.3, 0.4) is 0 Å². The molecule has 126 valence electrons. The average molecular weight is 348 g/mol. The Labute approximate surface area is 145 Å². The highest BCUT2D eigenvalue weighted by Gasteiger charge is 2.17. The van der Waals surface area contributed by atoms with E-state index in [1.54, 1.807) is 19.1 Å². The molecule has 1 aromatic heterocycles. The lowest BCUT2D eigenvalue weighted by Gasteiger charge is -2.08. The van der Waals surface area contributed by atoms with Crippen LogP contribution in [0.4, 0.5) is 0 Å². The topological polar surface area (TPSA) is 76.5 Å². The monoisotopic (exact) mass is 347 g/mol. The van der Waals surface area contributed by atoms with Crippen molar-refractivity contribution in [2.24, 2.45) is 0 Å². The van der Waals surface area contributed by atoms with Gasteiger partial charge >= 0.3 is 5.97 Å². The molecule has 2 aromatic rings. The summed E-state index contributed by atoms with van der Waals surface area (Å²) in [4.78, 5) is 27.8. The van der Waals surface area contributed by atoms with Crippen LogP contribution in [0, 0.1) is 6.92 Å². The number of ether oxygens (including phenoxy) is 1. The van der Waals surface area contributed by atoms with Gasteiger partial charge in [0.2, 0.25) is 0 Å². The Morgan fingerprint density at radius 1 is 1.21 bits per heavy atom. The van der Waals surface area contributed by atoms with E-state index < -0.39 is 11.8 Å². The Morgan fingerprint density at radius 2 is 1.96 bits per heavy atom. The zero-order chi connectivity index (χ0) is 17.7. The van der Waals surface area contributed by atoms with Gasteiger partial charge in [0.1, 0.15) is 11.4 Å². The molecule has 0 bridgehead atoms. The number of ketones is 1. The maximum atomic E-state index is 12.2. The van der Waals surface area contributed by atoms with Crippen LogP contribution in [-0.4, -0.2) is 28.4 Å². The Hall–Kier alpha value is -2.40. The molecule has 1 aromatic carbocycles. The third-order valence-corrected chi connectivity index (χ3v) is 3.71. The number of pyridine rings is 1. The molecule has 0 atom stereocenters. The lowest BCUT2D eigenvalue weighted by Crippen LogP contribution is -2.09. The summed E-state index contributed by atoms with van der Waals surface area (Å²) in [6.45, 7) is 3.88. The van der Waals surface area contributed by atoms with Gasteiger partial charge in [0, 0.05) is 12.0 Å². The van der Waals surface area contributed by atoms with Gasteiger partial charge in [0.15, 0.2) is 5.78 Å². The summed E-state index contributed by atoms with van der Waals surface area (Å²) >= 11 is 6.22. The van der Waals surface area contributed by atoms with Crippen molar-refractivity contribution >= 4 is 23.4 Å². The summed E-state index contributed by atoms with van der Waals surface area (Å²) in [5.74, 6) is -1.11. The minimum atomic E-state index is -0.455. The Bertz CT molecular complexity index is 774. The first kappa shape index (κ1) is 17.9. The number of hydrogen-bond acceptors (Lipinski definition) is 5. The average Bonchev–Trinajstić information content (AvgIpc) is 2.54. The Kier molecular flexibility index (Phi) is 5.93. The fourth-order valence-corrected chi connectivity index (χ4v) is 2.53. The first-order valence-electron chi connectivity index (χ1n) is 7.57. The molecule has 0 unspecified atom stereocenters. The molecular weight excluding hydrogens is 330 g/mol. The molecule has 1 N–H and O–H groups in total. The van der Waals surface area contributed by atoms with Crippen LogP contribution in [0.25, 0.3) is 11.3 Å². The second kappa shape index (κ2) is 7.93. The van der Waals surface area contributed by atoms with Crippen molar-refractivity contribution in [3.8, 4) is 17.0 Å². The van der Waals surface area contributed by atoms with Crippen molar-refractivity contribution in [3.05, 3.63) is 46.6 Å². The molecule has 0 spiro atoms. The lowest BCUT2D eigenvalue weighted by molar-refractivity contribution is -0.143. The van der Waals surface area contributed by atoms with Crippen LogP contribution >= 0.6 is 11.6 Å².